The second-order valence-corrected chi connectivity index (χ2v) is 32.6. The number of carboxylic acids is 1. The lowest BCUT2D eigenvalue weighted by molar-refractivity contribution is -0.147. The number of para-hydroxylation sites is 2. The van der Waals surface area contributed by atoms with Crippen LogP contribution in [-0.4, -0.2) is 189 Å². The van der Waals surface area contributed by atoms with Gasteiger partial charge in [0.15, 0.2) is 0 Å². The van der Waals surface area contributed by atoms with Crippen LogP contribution in [0.2, 0.25) is 0 Å². The van der Waals surface area contributed by atoms with Gasteiger partial charge in [-0.2, -0.15) is 0 Å². The molecule has 8 heterocycles. The van der Waals surface area contributed by atoms with Gasteiger partial charge in [0.2, 0.25) is 11.8 Å². The van der Waals surface area contributed by atoms with Gasteiger partial charge >= 0.3 is 30.2 Å². The second-order valence-electron chi connectivity index (χ2n) is 32.6. The number of alkyl carbamates (subject to hydrolysis) is 3. The Labute approximate surface area is 735 Å². The van der Waals surface area contributed by atoms with Gasteiger partial charge in [-0.15, -0.1) is 0 Å². The predicted octanol–water partition coefficient (Wildman–Crippen LogP) is 16.3. The lowest BCUT2D eigenvalue weighted by atomic mass is 9.95. The van der Waals surface area contributed by atoms with Crippen molar-refractivity contribution in [1.82, 2.24) is 75.8 Å². The van der Waals surface area contributed by atoms with Crippen molar-refractivity contribution in [2.24, 2.45) is 11.8 Å². The highest BCUT2D eigenvalue weighted by atomic mass is 16.5. The Bertz CT molecular complexity index is 5910. The number of carboxylic acid groups (broad SMARTS) is 1. The summed E-state index contributed by atoms with van der Waals surface area (Å²) in [4.78, 5) is 138. The number of aromatic nitrogens is 8. The zero-order valence-electron chi connectivity index (χ0n) is 72.7. The number of hydrogen-bond acceptors (Lipinski definition) is 19. The largest absolute Gasteiger partial charge is 0.496 e. The second kappa shape index (κ2) is 40.7. The Balaban J connectivity index is 0.000000178. The molecule has 12 aromatic rings. The van der Waals surface area contributed by atoms with E-state index in [1.54, 1.807) is 53.6 Å². The molecule has 4 aromatic heterocycles. The van der Waals surface area contributed by atoms with Gasteiger partial charge in [0.05, 0.1) is 127 Å². The number of likely N-dealkylation sites (tertiary alicyclic amines) is 3. The Morgan fingerprint density at radius 3 is 1.15 bits per heavy atom. The highest BCUT2D eigenvalue weighted by Crippen LogP contribution is 2.41. The van der Waals surface area contributed by atoms with Crippen LogP contribution in [0.5, 0.6) is 11.5 Å². The number of carbonyl (C=O) groups is 8. The SMILES string of the molecule is COC(=O)C[C@@H](C(=O)O)c1ccccc1OC.COC(=O)N[C@H](C(=O)N1CCC[C@H]1c1ncc(-c2ccc3cc(-c4ccc(-c5cnc([C@@H]6CCCN6)[nH]5)cc4)ccc3c2)[nH]1)C(C)C.COC(=O)N[C@H](C(=O)N1CCC[C@H]1c1ncc(-c2ccc3cc(-c4ccc(-c5cnc([C@@H]6CCCN6C(=O)[C@H](NC(=O)OC)c6ccccc6OC)[nH]5)cc4)ccc3c2)[nH]1)C(C)C. The number of ether oxygens (including phenoxy) is 6. The number of hydrogen-bond donors (Lipinski definition) is 9. The molecule has 4 aliphatic heterocycles. The van der Waals surface area contributed by atoms with E-state index in [4.69, 9.17) is 43.7 Å². The molecule has 16 rings (SSSR count). The minimum Gasteiger partial charge on any atom is -0.496 e. The molecule has 4 fully saturated rings. The van der Waals surface area contributed by atoms with Gasteiger partial charge in [0, 0.05) is 41.9 Å². The molecular weight excluding hydrogens is 1620 g/mol. The highest BCUT2D eigenvalue weighted by molar-refractivity contribution is 5.94. The molecular formula is C97H107N15O15. The average Bonchev–Trinajstić information content (AvgIpc) is 1.55. The third kappa shape index (κ3) is 20.5. The van der Waals surface area contributed by atoms with Crippen molar-refractivity contribution < 1.29 is 71.9 Å². The van der Waals surface area contributed by atoms with E-state index < -0.39 is 54.3 Å². The molecule has 0 unspecified atom stereocenters. The maximum absolute atomic E-state index is 14.1. The highest BCUT2D eigenvalue weighted by Gasteiger charge is 2.42. The minimum absolute atomic E-state index is 0.0815. The van der Waals surface area contributed by atoms with Gasteiger partial charge in [-0.25, -0.2) is 34.3 Å². The first-order valence-corrected chi connectivity index (χ1v) is 42.8. The normalized spacial score (nSPS) is 16.9. The zero-order chi connectivity index (χ0) is 89.5. The van der Waals surface area contributed by atoms with Gasteiger partial charge < -0.3 is 89.4 Å². The molecule has 8 atom stereocenters. The number of nitrogens with one attached hydrogen (secondary N) is 8. The van der Waals surface area contributed by atoms with Crippen LogP contribution in [0, 0.1) is 11.8 Å². The van der Waals surface area contributed by atoms with E-state index in [0.29, 0.717) is 54.1 Å². The summed E-state index contributed by atoms with van der Waals surface area (Å²) in [6, 6.07) is 53.7. The van der Waals surface area contributed by atoms with E-state index in [0.717, 1.165) is 158 Å². The molecule has 4 aliphatic rings. The van der Waals surface area contributed by atoms with E-state index in [9.17, 15) is 38.4 Å². The fraction of sp³-hybridized carbons (Fsp3) is 0.340. The third-order valence-electron chi connectivity index (χ3n) is 24.0. The number of fused-ring (bicyclic) bond motifs is 2. The maximum Gasteiger partial charge on any atom is 0.407 e. The molecule has 127 heavy (non-hydrogen) atoms. The molecule has 0 saturated carbocycles. The van der Waals surface area contributed by atoms with Gasteiger partial charge in [-0.05, 0) is 161 Å². The first-order valence-electron chi connectivity index (χ1n) is 42.8. The molecule has 8 aromatic carbocycles. The number of rotatable bonds is 25. The number of nitrogens with zero attached hydrogens (tertiary/aromatic N) is 7. The Hall–Kier alpha value is -14.2. The van der Waals surface area contributed by atoms with Crippen molar-refractivity contribution in [2.75, 3.05) is 68.8 Å². The first-order chi connectivity index (χ1) is 61.5. The number of esters is 1. The number of amides is 6. The van der Waals surface area contributed by atoms with Crippen LogP contribution >= 0.6 is 0 Å². The summed E-state index contributed by atoms with van der Waals surface area (Å²) in [6.45, 7) is 10.4. The maximum atomic E-state index is 14.1. The van der Waals surface area contributed by atoms with Gasteiger partial charge in [-0.3, -0.25) is 24.0 Å². The van der Waals surface area contributed by atoms with E-state index in [2.05, 4.69) is 172 Å². The predicted molar refractivity (Wildman–Crippen MR) is 480 cm³/mol. The molecule has 0 radical (unpaired) electrons. The summed E-state index contributed by atoms with van der Waals surface area (Å²) in [6.07, 6.45) is 12.3. The van der Waals surface area contributed by atoms with E-state index in [-0.39, 0.29) is 54.1 Å². The summed E-state index contributed by atoms with van der Waals surface area (Å²) >= 11 is 0. The number of carbonyl (C=O) groups excluding carboxylic acids is 7. The quantitative estimate of drug-likeness (QED) is 0.0189. The van der Waals surface area contributed by atoms with Crippen molar-refractivity contribution >= 4 is 69.5 Å². The van der Waals surface area contributed by atoms with Gasteiger partial charge in [-0.1, -0.05) is 161 Å². The topological polar surface area (TPSA) is 385 Å². The monoisotopic (exact) mass is 1720 g/mol. The van der Waals surface area contributed by atoms with Crippen molar-refractivity contribution in [3.05, 3.63) is 229 Å². The molecule has 0 spiro atoms. The summed E-state index contributed by atoms with van der Waals surface area (Å²) in [5, 5.41) is 25.2. The summed E-state index contributed by atoms with van der Waals surface area (Å²) in [5.74, 6) is 0.776. The standard InChI is InChI=1S/C48H52N8O7.C37H41N7O3.C12H14O5/c1-28(2)41(53-47(59)62-4)45(57)55-22-8-11-38(55)44-50-27-37(52-44)34-21-20-32-24-31(18-19-33(32)25-34)29-14-16-30(17-15-29)36-26-49-43(51-36)39-12-9-23-56(39)46(58)42(54-48(60)63-5)35-10-6-7-13-40(35)61-3;1-22(2)33(43-37(46)47-3)36(45)44-17-5-7-32(44)35-40-21-31(42-35)28-15-14-26-18-25(12-13-27(26)19-28)23-8-10-24(11-9-23)30-20-39-34(41-30)29-6-4-16-38-29;1-16-10-6-4-3-5-8(10)9(12(14)15)7-11(13)17-2/h6-7,10,13-21,24-28,38-39,41-42H,8-9,11-12,22-23H2,1-5H3,(H,49,51)(H,50,52)(H,53,59)(H,54,60);8-15,18-22,29,32-33,38H,4-7,16-17H2,1-3H3,(H,39,41)(H,40,42)(H,43,46);3-6,9H,7H2,1-2H3,(H,14,15)/t38-,39-,41-,42+;29-,32-,33-;9-/m001/s1. The molecule has 6 amide bonds. The van der Waals surface area contributed by atoms with Crippen molar-refractivity contribution in [3.63, 3.8) is 0 Å². The lowest BCUT2D eigenvalue weighted by Crippen LogP contribution is -2.51. The number of H-pyrrole nitrogens is 4. The average molecular weight is 1720 g/mol. The summed E-state index contributed by atoms with van der Waals surface area (Å²) in [5.41, 5.74) is 13.2. The lowest BCUT2D eigenvalue weighted by Gasteiger charge is -2.30. The zero-order valence-corrected chi connectivity index (χ0v) is 72.7. The number of aliphatic carboxylic acids is 1. The summed E-state index contributed by atoms with van der Waals surface area (Å²) in [7, 11) is 8.07. The summed E-state index contributed by atoms with van der Waals surface area (Å²) < 4.78 is 29.5. The van der Waals surface area contributed by atoms with Crippen LogP contribution in [0.25, 0.3) is 88.8 Å². The molecule has 30 heteroatoms. The number of methoxy groups -OCH3 is 6. The Morgan fingerprint density at radius 1 is 0.402 bits per heavy atom. The van der Waals surface area contributed by atoms with Crippen LogP contribution < -0.4 is 30.7 Å². The third-order valence-corrected chi connectivity index (χ3v) is 24.0. The number of benzene rings is 8. The van der Waals surface area contributed by atoms with Gasteiger partial charge in [0.25, 0.3) is 5.91 Å². The molecule has 0 aliphatic carbocycles. The molecule has 660 valence electrons. The number of imidazole rings is 4. The van der Waals surface area contributed by atoms with Crippen molar-refractivity contribution in [3.8, 4) is 78.8 Å². The smallest absolute Gasteiger partial charge is 0.407 e. The van der Waals surface area contributed by atoms with Crippen LogP contribution in [0.3, 0.4) is 0 Å². The fourth-order valence-corrected chi connectivity index (χ4v) is 17.2. The molecule has 30 nitrogen and oxygen atoms in total. The van der Waals surface area contributed by atoms with Crippen molar-refractivity contribution in [2.45, 2.75) is 134 Å². The van der Waals surface area contributed by atoms with Crippen LogP contribution in [0.15, 0.2) is 195 Å². The van der Waals surface area contributed by atoms with Crippen LogP contribution in [0.4, 0.5) is 14.4 Å². The van der Waals surface area contributed by atoms with E-state index in [1.807, 2.05) is 62.2 Å². The Kier molecular flexibility index (Phi) is 28.5. The fourth-order valence-electron chi connectivity index (χ4n) is 17.2. The van der Waals surface area contributed by atoms with Crippen LogP contribution in [-0.2, 0) is 42.9 Å². The first kappa shape index (κ1) is 89.1. The molecule has 4 saturated heterocycles. The minimum atomic E-state index is -1.08. The van der Waals surface area contributed by atoms with Gasteiger partial charge in [0.1, 0.15) is 52.9 Å². The van der Waals surface area contributed by atoms with E-state index >= 15 is 0 Å². The number of aromatic amines is 4. The van der Waals surface area contributed by atoms with Crippen molar-refractivity contribution in [1.29, 1.82) is 0 Å². The molecule has 9 N–H and O–H groups in total. The Morgan fingerprint density at radius 2 is 0.756 bits per heavy atom. The molecule has 0 bridgehead atoms. The van der Waals surface area contributed by atoms with E-state index in [1.165, 1.54) is 49.1 Å². The van der Waals surface area contributed by atoms with Crippen LogP contribution in [0.1, 0.15) is 156 Å².